The number of Topliss-reactive ketones (excluding diaryl/α,β-unsaturated/α-hetero) is 1. The summed E-state index contributed by atoms with van der Waals surface area (Å²) in [7, 11) is 0. The molecule has 0 amide bonds. The van der Waals surface area contributed by atoms with Crippen molar-refractivity contribution in [3.05, 3.63) is 0 Å². The summed E-state index contributed by atoms with van der Waals surface area (Å²) >= 11 is 0. The molecule has 2 heteroatoms. The number of hydrogen-bond acceptors (Lipinski definition) is 2. The number of carbonyl (C=O) groups excluding carboxylic acids is 1. The molecule has 0 aliphatic carbocycles. The summed E-state index contributed by atoms with van der Waals surface area (Å²) in [4.78, 5) is 11.4. The lowest BCUT2D eigenvalue weighted by Gasteiger charge is -2.26. The molecule has 0 radical (unpaired) electrons. The Morgan fingerprint density at radius 2 is 1.92 bits per heavy atom. The molecule has 2 fully saturated rings. The highest BCUT2D eigenvalue weighted by molar-refractivity contribution is 5.80. The number of ketones is 1. The predicted molar refractivity (Wildman–Crippen MR) is 45.9 cm³/mol. The van der Waals surface area contributed by atoms with E-state index in [-0.39, 0.29) is 0 Å². The first-order chi connectivity index (χ1) is 5.79. The third kappa shape index (κ3) is 1.40. The van der Waals surface area contributed by atoms with Crippen molar-refractivity contribution in [2.24, 2.45) is 5.92 Å². The fourth-order valence-corrected chi connectivity index (χ4v) is 2.41. The van der Waals surface area contributed by atoms with E-state index >= 15 is 0 Å². The second kappa shape index (κ2) is 3.17. The van der Waals surface area contributed by atoms with Crippen LogP contribution in [0.4, 0.5) is 0 Å². The van der Waals surface area contributed by atoms with Gasteiger partial charge in [-0.05, 0) is 25.7 Å². The van der Waals surface area contributed by atoms with Gasteiger partial charge in [-0.3, -0.25) is 4.79 Å². The van der Waals surface area contributed by atoms with Crippen LogP contribution in [0.1, 0.15) is 39.0 Å². The van der Waals surface area contributed by atoms with Crippen molar-refractivity contribution in [2.45, 2.75) is 51.2 Å². The SMILES string of the molecule is CCC(=O)C1CC2CCC(C1)O2. The molecule has 0 saturated carbocycles. The lowest BCUT2D eigenvalue weighted by Crippen LogP contribution is -2.29. The molecule has 0 spiro atoms. The molecule has 2 aliphatic heterocycles. The first kappa shape index (κ1) is 8.24. The quantitative estimate of drug-likeness (QED) is 0.629. The van der Waals surface area contributed by atoms with Gasteiger partial charge in [0.1, 0.15) is 5.78 Å². The Balaban J connectivity index is 1.98. The molecular formula is C10H16O2. The van der Waals surface area contributed by atoms with Gasteiger partial charge in [0.05, 0.1) is 12.2 Å². The second-order valence-corrected chi connectivity index (χ2v) is 3.95. The molecule has 2 bridgehead atoms. The number of hydrogen-bond donors (Lipinski definition) is 0. The summed E-state index contributed by atoms with van der Waals surface area (Å²) < 4.78 is 5.67. The van der Waals surface area contributed by atoms with Crippen LogP contribution in [0.3, 0.4) is 0 Å². The van der Waals surface area contributed by atoms with Gasteiger partial charge in [0, 0.05) is 12.3 Å². The standard InChI is InChI=1S/C10H16O2/c1-2-10(11)7-5-8-3-4-9(6-7)12-8/h7-9H,2-6H2,1H3. The highest BCUT2D eigenvalue weighted by Gasteiger charge is 2.37. The first-order valence-corrected chi connectivity index (χ1v) is 4.97. The van der Waals surface area contributed by atoms with Crippen LogP contribution in [-0.2, 0) is 9.53 Å². The molecule has 2 heterocycles. The molecule has 68 valence electrons. The van der Waals surface area contributed by atoms with Gasteiger partial charge >= 0.3 is 0 Å². The van der Waals surface area contributed by atoms with E-state index in [1.54, 1.807) is 0 Å². The van der Waals surface area contributed by atoms with Crippen molar-refractivity contribution >= 4 is 5.78 Å². The Labute approximate surface area is 73.3 Å². The maximum atomic E-state index is 11.4. The Hall–Kier alpha value is -0.370. The maximum Gasteiger partial charge on any atom is 0.135 e. The molecule has 2 nitrogen and oxygen atoms in total. The lowest BCUT2D eigenvalue weighted by molar-refractivity contribution is -0.128. The van der Waals surface area contributed by atoms with Crippen LogP contribution in [0, 0.1) is 5.92 Å². The van der Waals surface area contributed by atoms with Crippen LogP contribution in [0.15, 0.2) is 0 Å². The number of rotatable bonds is 2. The summed E-state index contributed by atoms with van der Waals surface area (Å²) in [6.45, 7) is 1.96. The van der Waals surface area contributed by atoms with E-state index in [9.17, 15) is 4.79 Å². The van der Waals surface area contributed by atoms with Gasteiger partial charge in [-0.15, -0.1) is 0 Å². The molecule has 12 heavy (non-hydrogen) atoms. The maximum absolute atomic E-state index is 11.4. The van der Waals surface area contributed by atoms with E-state index < -0.39 is 0 Å². The zero-order chi connectivity index (χ0) is 8.55. The highest BCUT2D eigenvalue weighted by atomic mass is 16.5. The van der Waals surface area contributed by atoms with E-state index in [0.717, 1.165) is 12.8 Å². The first-order valence-electron chi connectivity index (χ1n) is 4.97. The van der Waals surface area contributed by atoms with Crippen molar-refractivity contribution in [3.8, 4) is 0 Å². The normalized spacial score (nSPS) is 39.9. The molecule has 0 aromatic carbocycles. The molecule has 0 N–H and O–H groups in total. The largest absolute Gasteiger partial charge is 0.375 e. The van der Waals surface area contributed by atoms with Crippen LogP contribution >= 0.6 is 0 Å². The van der Waals surface area contributed by atoms with Gasteiger partial charge in [-0.25, -0.2) is 0 Å². The van der Waals surface area contributed by atoms with Gasteiger partial charge in [0.15, 0.2) is 0 Å². The summed E-state index contributed by atoms with van der Waals surface area (Å²) in [5.74, 6) is 0.761. The van der Waals surface area contributed by atoms with E-state index in [1.807, 2.05) is 6.92 Å². The minimum atomic E-state index is 0.321. The molecule has 0 aromatic rings. The van der Waals surface area contributed by atoms with Crippen molar-refractivity contribution in [1.29, 1.82) is 0 Å². The molecule has 2 aliphatic rings. The van der Waals surface area contributed by atoms with E-state index in [1.165, 1.54) is 12.8 Å². The number of carbonyl (C=O) groups is 1. The molecule has 2 atom stereocenters. The van der Waals surface area contributed by atoms with Gasteiger partial charge in [0.25, 0.3) is 0 Å². The van der Waals surface area contributed by atoms with Crippen molar-refractivity contribution in [3.63, 3.8) is 0 Å². The van der Waals surface area contributed by atoms with E-state index in [4.69, 9.17) is 4.74 Å². The molecule has 2 saturated heterocycles. The molecule has 2 rings (SSSR count). The zero-order valence-corrected chi connectivity index (χ0v) is 7.58. The van der Waals surface area contributed by atoms with Gasteiger partial charge < -0.3 is 4.74 Å². The monoisotopic (exact) mass is 168 g/mol. The summed E-state index contributed by atoms with van der Waals surface area (Å²) in [5.41, 5.74) is 0. The van der Waals surface area contributed by atoms with Gasteiger partial charge in [0.2, 0.25) is 0 Å². The van der Waals surface area contributed by atoms with Crippen molar-refractivity contribution in [2.75, 3.05) is 0 Å². The lowest BCUT2D eigenvalue weighted by atomic mass is 9.90. The summed E-state index contributed by atoms with van der Waals surface area (Å²) in [5, 5.41) is 0. The average molecular weight is 168 g/mol. The van der Waals surface area contributed by atoms with E-state index in [0.29, 0.717) is 30.3 Å². The summed E-state index contributed by atoms with van der Waals surface area (Å²) in [6.07, 6.45) is 5.85. The van der Waals surface area contributed by atoms with Crippen LogP contribution in [0.2, 0.25) is 0 Å². The zero-order valence-electron chi connectivity index (χ0n) is 7.58. The molecular weight excluding hydrogens is 152 g/mol. The molecule has 0 aromatic heterocycles. The van der Waals surface area contributed by atoms with E-state index in [2.05, 4.69) is 0 Å². The fourth-order valence-electron chi connectivity index (χ4n) is 2.41. The van der Waals surface area contributed by atoms with Crippen LogP contribution in [0.5, 0.6) is 0 Å². The van der Waals surface area contributed by atoms with Crippen LogP contribution in [0.25, 0.3) is 0 Å². The predicted octanol–water partition coefficient (Wildman–Crippen LogP) is 1.92. The topological polar surface area (TPSA) is 26.3 Å². The second-order valence-electron chi connectivity index (χ2n) is 3.95. The smallest absolute Gasteiger partial charge is 0.135 e. The number of ether oxygens (including phenoxy) is 1. The minimum Gasteiger partial charge on any atom is -0.375 e. The van der Waals surface area contributed by atoms with Gasteiger partial charge in [-0.2, -0.15) is 0 Å². The van der Waals surface area contributed by atoms with Crippen LogP contribution in [-0.4, -0.2) is 18.0 Å². The fraction of sp³-hybridized carbons (Fsp3) is 0.900. The Morgan fingerprint density at radius 3 is 2.42 bits per heavy atom. The highest BCUT2D eigenvalue weighted by Crippen LogP contribution is 2.36. The molecule has 2 unspecified atom stereocenters. The van der Waals surface area contributed by atoms with Crippen molar-refractivity contribution < 1.29 is 9.53 Å². The average Bonchev–Trinajstić information content (AvgIpc) is 2.44. The third-order valence-electron chi connectivity index (χ3n) is 3.09. The van der Waals surface area contributed by atoms with Crippen molar-refractivity contribution in [1.82, 2.24) is 0 Å². The third-order valence-corrected chi connectivity index (χ3v) is 3.09. The Bertz CT molecular complexity index is 176. The Kier molecular flexibility index (Phi) is 2.18. The van der Waals surface area contributed by atoms with Crippen LogP contribution < -0.4 is 0 Å². The number of fused-ring (bicyclic) bond motifs is 2. The summed E-state index contributed by atoms with van der Waals surface area (Å²) in [6, 6.07) is 0. The minimum absolute atomic E-state index is 0.321. The Morgan fingerprint density at radius 1 is 1.33 bits per heavy atom. The van der Waals surface area contributed by atoms with Gasteiger partial charge in [-0.1, -0.05) is 6.92 Å².